The number of benzene rings is 1. The molecular weight excluding hydrogens is 271 g/mol. The molecule has 1 aromatic rings. The van der Waals surface area contributed by atoms with Gasteiger partial charge in [0, 0.05) is 19.1 Å². The minimum absolute atomic E-state index is 0.0122. The van der Waals surface area contributed by atoms with Gasteiger partial charge < -0.3 is 10.6 Å². The van der Waals surface area contributed by atoms with Gasteiger partial charge in [-0.3, -0.25) is 4.79 Å². The van der Waals surface area contributed by atoms with Crippen LogP contribution in [0, 0.1) is 29.1 Å². The lowest BCUT2D eigenvalue weighted by Gasteiger charge is -2.17. The van der Waals surface area contributed by atoms with E-state index < -0.39 is 40.6 Å². The Hall–Kier alpha value is -1.70. The van der Waals surface area contributed by atoms with Gasteiger partial charge in [-0.25, -0.2) is 22.0 Å². The highest BCUT2D eigenvalue weighted by Crippen LogP contribution is 2.25. The van der Waals surface area contributed by atoms with Crippen molar-refractivity contribution in [2.45, 2.75) is 12.5 Å². The van der Waals surface area contributed by atoms with Crippen molar-refractivity contribution in [2.24, 2.45) is 5.73 Å². The molecule has 1 aromatic carbocycles. The van der Waals surface area contributed by atoms with Crippen LogP contribution < -0.4 is 5.73 Å². The average molecular weight is 280 g/mol. The smallest absolute Gasteiger partial charge is 0.260 e. The standard InChI is InChI=1S/C11H9F5N2O/c12-6-5(7(13)9(15)10(16)8(6)14)11(19)18-2-1-4(17)3-18/h4H,1-3,17H2. The highest BCUT2D eigenvalue weighted by Gasteiger charge is 2.34. The van der Waals surface area contributed by atoms with Crippen LogP contribution >= 0.6 is 0 Å². The summed E-state index contributed by atoms with van der Waals surface area (Å²) in [5.74, 6) is -12.1. The van der Waals surface area contributed by atoms with Crippen LogP contribution in [0.1, 0.15) is 16.8 Å². The van der Waals surface area contributed by atoms with Crippen molar-refractivity contribution in [3.8, 4) is 0 Å². The van der Waals surface area contributed by atoms with Crippen molar-refractivity contribution < 1.29 is 26.7 Å². The molecule has 0 radical (unpaired) electrons. The Morgan fingerprint density at radius 3 is 1.89 bits per heavy atom. The number of nitrogens with zero attached hydrogens (tertiary/aromatic N) is 1. The van der Waals surface area contributed by atoms with Crippen molar-refractivity contribution in [3.63, 3.8) is 0 Å². The predicted molar refractivity (Wildman–Crippen MR) is 54.7 cm³/mol. The number of halogens is 5. The molecule has 1 aliphatic heterocycles. The number of nitrogens with two attached hydrogens (primary N) is 1. The van der Waals surface area contributed by atoms with Gasteiger partial charge in [-0.05, 0) is 6.42 Å². The number of carbonyl (C=O) groups is 1. The fourth-order valence-electron chi connectivity index (χ4n) is 1.92. The van der Waals surface area contributed by atoms with E-state index in [1.54, 1.807) is 0 Å². The SMILES string of the molecule is NC1CCN(C(=O)c2c(F)c(F)c(F)c(F)c2F)C1. The average Bonchev–Trinajstić information content (AvgIpc) is 2.81. The van der Waals surface area contributed by atoms with E-state index in [9.17, 15) is 26.7 Å². The molecule has 8 heteroatoms. The Bertz CT molecular complexity index is 519. The van der Waals surface area contributed by atoms with Crippen LogP contribution in [-0.4, -0.2) is 29.9 Å². The molecule has 19 heavy (non-hydrogen) atoms. The third kappa shape index (κ3) is 2.16. The molecule has 1 aliphatic rings. The molecule has 2 rings (SSSR count). The summed E-state index contributed by atoms with van der Waals surface area (Å²) in [4.78, 5) is 12.7. The Balaban J connectivity index is 2.48. The first-order chi connectivity index (χ1) is 8.84. The summed E-state index contributed by atoms with van der Waals surface area (Å²) in [6.07, 6.45) is 0.404. The largest absolute Gasteiger partial charge is 0.337 e. The number of amides is 1. The number of carbonyl (C=O) groups excluding carboxylic acids is 1. The quantitative estimate of drug-likeness (QED) is 0.482. The molecular formula is C11H9F5N2O. The molecule has 0 aromatic heterocycles. The van der Waals surface area contributed by atoms with E-state index in [0.29, 0.717) is 6.42 Å². The van der Waals surface area contributed by atoms with E-state index in [1.807, 2.05) is 0 Å². The highest BCUT2D eigenvalue weighted by atomic mass is 19.2. The van der Waals surface area contributed by atoms with Gasteiger partial charge in [0.25, 0.3) is 5.91 Å². The van der Waals surface area contributed by atoms with Crippen LogP contribution in [0.15, 0.2) is 0 Å². The Morgan fingerprint density at radius 2 is 1.47 bits per heavy atom. The number of hydrogen-bond donors (Lipinski definition) is 1. The maximum absolute atomic E-state index is 13.4. The topological polar surface area (TPSA) is 46.3 Å². The van der Waals surface area contributed by atoms with Crippen molar-refractivity contribution in [1.82, 2.24) is 4.90 Å². The highest BCUT2D eigenvalue weighted by molar-refractivity contribution is 5.95. The molecule has 1 fully saturated rings. The summed E-state index contributed by atoms with van der Waals surface area (Å²) in [6.45, 7) is 0.123. The summed E-state index contributed by atoms with van der Waals surface area (Å²) in [7, 11) is 0. The molecule has 0 aliphatic carbocycles. The van der Waals surface area contributed by atoms with Crippen molar-refractivity contribution >= 4 is 5.91 Å². The van der Waals surface area contributed by atoms with Gasteiger partial charge in [-0.1, -0.05) is 0 Å². The zero-order valence-electron chi connectivity index (χ0n) is 9.52. The van der Waals surface area contributed by atoms with Gasteiger partial charge in [0.05, 0.1) is 0 Å². The first kappa shape index (κ1) is 13.7. The fraction of sp³-hybridized carbons (Fsp3) is 0.364. The Kier molecular flexibility index (Phi) is 3.44. The van der Waals surface area contributed by atoms with Crippen LogP contribution in [0.2, 0.25) is 0 Å². The van der Waals surface area contributed by atoms with E-state index in [2.05, 4.69) is 0 Å². The molecule has 1 heterocycles. The summed E-state index contributed by atoms with van der Waals surface area (Å²) >= 11 is 0. The Morgan fingerprint density at radius 1 is 1.00 bits per heavy atom. The van der Waals surface area contributed by atoms with Crippen LogP contribution in [0.5, 0.6) is 0 Å². The lowest BCUT2D eigenvalue weighted by atomic mass is 10.1. The van der Waals surface area contributed by atoms with Crippen molar-refractivity contribution in [3.05, 3.63) is 34.6 Å². The first-order valence-electron chi connectivity index (χ1n) is 5.40. The normalized spacial score (nSPS) is 19.1. The Labute approximate surface area is 104 Å². The predicted octanol–water partition coefficient (Wildman–Crippen LogP) is 1.56. The van der Waals surface area contributed by atoms with Gasteiger partial charge in [-0.15, -0.1) is 0 Å². The van der Waals surface area contributed by atoms with Crippen molar-refractivity contribution in [1.29, 1.82) is 0 Å². The number of hydrogen-bond acceptors (Lipinski definition) is 2. The van der Waals surface area contributed by atoms with Gasteiger partial charge >= 0.3 is 0 Å². The molecule has 104 valence electrons. The van der Waals surface area contributed by atoms with Crippen molar-refractivity contribution in [2.75, 3.05) is 13.1 Å². The first-order valence-corrected chi connectivity index (χ1v) is 5.40. The van der Waals surface area contributed by atoms with Crippen LogP contribution in [0.25, 0.3) is 0 Å². The number of rotatable bonds is 1. The third-order valence-electron chi connectivity index (χ3n) is 2.94. The summed E-state index contributed by atoms with van der Waals surface area (Å²) < 4.78 is 65.6. The van der Waals surface area contributed by atoms with E-state index in [-0.39, 0.29) is 19.1 Å². The van der Waals surface area contributed by atoms with Gasteiger partial charge in [0.15, 0.2) is 23.3 Å². The number of likely N-dealkylation sites (tertiary alicyclic amines) is 1. The van der Waals surface area contributed by atoms with Crippen LogP contribution in [0.4, 0.5) is 22.0 Å². The third-order valence-corrected chi connectivity index (χ3v) is 2.94. The van der Waals surface area contributed by atoms with Gasteiger partial charge in [0.1, 0.15) is 5.56 Å². The second-order valence-electron chi connectivity index (χ2n) is 4.24. The summed E-state index contributed by atoms with van der Waals surface area (Å²) in [5.41, 5.74) is 4.07. The molecule has 3 nitrogen and oxygen atoms in total. The van der Waals surface area contributed by atoms with E-state index in [1.165, 1.54) is 0 Å². The van der Waals surface area contributed by atoms with E-state index >= 15 is 0 Å². The molecule has 1 saturated heterocycles. The maximum atomic E-state index is 13.4. The van der Waals surface area contributed by atoms with E-state index in [4.69, 9.17) is 5.73 Å². The van der Waals surface area contributed by atoms with Crippen LogP contribution in [0.3, 0.4) is 0 Å². The van der Waals surface area contributed by atoms with Gasteiger partial charge in [0.2, 0.25) is 5.82 Å². The molecule has 0 saturated carbocycles. The molecule has 0 bridgehead atoms. The molecule has 1 amide bonds. The second kappa shape index (κ2) is 4.76. The zero-order chi connectivity index (χ0) is 14.3. The molecule has 1 unspecified atom stereocenters. The maximum Gasteiger partial charge on any atom is 0.260 e. The van der Waals surface area contributed by atoms with Gasteiger partial charge in [-0.2, -0.15) is 0 Å². The lowest BCUT2D eigenvalue weighted by molar-refractivity contribution is 0.0777. The second-order valence-corrected chi connectivity index (χ2v) is 4.24. The zero-order valence-corrected chi connectivity index (χ0v) is 9.52. The molecule has 2 N–H and O–H groups in total. The molecule has 1 atom stereocenters. The van der Waals surface area contributed by atoms with E-state index in [0.717, 1.165) is 4.90 Å². The monoisotopic (exact) mass is 280 g/mol. The fourth-order valence-corrected chi connectivity index (χ4v) is 1.92. The lowest BCUT2D eigenvalue weighted by Crippen LogP contribution is -2.33. The summed E-state index contributed by atoms with van der Waals surface area (Å²) in [6, 6.07) is -0.370. The minimum atomic E-state index is -2.29. The minimum Gasteiger partial charge on any atom is -0.337 e. The van der Waals surface area contributed by atoms with Crippen LogP contribution in [-0.2, 0) is 0 Å². The summed E-state index contributed by atoms with van der Waals surface area (Å²) in [5, 5.41) is 0. The molecule has 0 spiro atoms.